The van der Waals surface area contributed by atoms with Crippen molar-refractivity contribution >= 4 is 61.7 Å². The average molecular weight is 658 g/mol. The first-order chi connectivity index (χ1) is 20.2. The monoisotopic (exact) mass is 656 g/mol. The Balaban J connectivity index is 1.27. The first kappa shape index (κ1) is 29.2. The molecule has 0 saturated carbocycles. The second-order valence-electron chi connectivity index (χ2n) is 10.2. The number of halogens is 3. The lowest BCUT2D eigenvalue weighted by molar-refractivity contribution is 0.246. The summed E-state index contributed by atoms with van der Waals surface area (Å²) in [6, 6.07) is 26.7. The molecular formula is C31H27Cl3N4O2S2. The minimum absolute atomic E-state index is 0.303. The standard InChI is InChI=1S/C31H27Cl3N4O2S2/c1-42(39,40)24-6-4-5-21(17-24)30-11-12-31(41-30)29-18-22(35-38(29)28-8-3-2-7-26(28)33)20-36-13-15-37(16-14-36)23-9-10-25(32)27(34)19-23/h2-12,17-19H,13-16,20H2,1H3. The van der Waals surface area contributed by atoms with Gasteiger partial charge in [0, 0.05) is 49.5 Å². The lowest BCUT2D eigenvalue weighted by atomic mass is 10.2. The van der Waals surface area contributed by atoms with Crippen LogP contribution in [0.4, 0.5) is 5.69 Å². The predicted octanol–water partition coefficient (Wildman–Crippen LogP) is 7.95. The second kappa shape index (κ2) is 12.0. The van der Waals surface area contributed by atoms with Crippen LogP contribution in [0.25, 0.3) is 26.7 Å². The largest absolute Gasteiger partial charge is 0.369 e. The molecule has 0 unspecified atom stereocenters. The van der Waals surface area contributed by atoms with E-state index in [2.05, 4.69) is 21.9 Å². The summed E-state index contributed by atoms with van der Waals surface area (Å²) >= 11 is 20.6. The molecular weight excluding hydrogens is 631 g/mol. The highest BCUT2D eigenvalue weighted by Crippen LogP contribution is 2.37. The number of anilines is 1. The van der Waals surface area contributed by atoms with Gasteiger partial charge < -0.3 is 4.90 Å². The van der Waals surface area contributed by atoms with Gasteiger partial charge in [0.2, 0.25) is 0 Å². The number of piperazine rings is 1. The molecule has 2 aromatic heterocycles. The van der Waals surface area contributed by atoms with Gasteiger partial charge in [0.1, 0.15) is 0 Å². The van der Waals surface area contributed by atoms with Crippen molar-refractivity contribution in [3.63, 3.8) is 0 Å². The van der Waals surface area contributed by atoms with Crippen molar-refractivity contribution in [2.45, 2.75) is 11.4 Å². The van der Waals surface area contributed by atoms with E-state index in [1.54, 1.807) is 29.5 Å². The molecule has 1 saturated heterocycles. The minimum atomic E-state index is -3.30. The van der Waals surface area contributed by atoms with Crippen LogP contribution in [0.15, 0.2) is 89.8 Å². The first-order valence-electron chi connectivity index (χ1n) is 13.3. The second-order valence-corrected chi connectivity index (χ2v) is 14.5. The van der Waals surface area contributed by atoms with E-state index in [-0.39, 0.29) is 0 Å². The zero-order chi connectivity index (χ0) is 29.4. The summed E-state index contributed by atoms with van der Waals surface area (Å²) in [5.41, 5.74) is 4.62. The molecule has 0 aliphatic carbocycles. The maximum atomic E-state index is 12.1. The van der Waals surface area contributed by atoms with Gasteiger partial charge in [0.05, 0.1) is 41.9 Å². The van der Waals surface area contributed by atoms with Crippen LogP contribution >= 0.6 is 46.1 Å². The minimum Gasteiger partial charge on any atom is -0.369 e. The van der Waals surface area contributed by atoms with Gasteiger partial charge >= 0.3 is 0 Å². The number of nitrogens with zero attached hydrogens (tertiary/aromatic N) is 4. The van der Waals surface area contributed by atoms with E-state index < -0.39 is 9.84 Å². The highest BCUT2D eigenvalue weighted by Gasteiger charge is 2.22. The molecule has 6 rings (SSSR count). The molecule has 1 aliphatic heterocycles. The molecule has 1 fully saturated rings. The fourth-order valence-corrected chi connectivity index (χ4v) is 7.25. The summed E-state index contributed by atoms with van der Waals surface area (Å²) in [5.74, 6) is 0. The summed E-state index contributed by atoms with van der Waals surface area (Å²) < 4.78 is 26.2. The Labute approximate surface area is 264 Å². The van der Waals surface area contributed by atoms with E-state index in [1.807, 2.05) is 59.3 Å². The molecule has 11 heteroatoms. The topological polar surface area (TPSA) is 58.4 Å². The van der Waals surface area contributed by atoms with Gasteiger partial charge in [-0.2, -0.15) is 5.10 Å². The van der Waals surface area contributed by atoms with Crippen LogP contribution < -0.4 is 4.90 Å². The highest BCUT2D eigenvalue weighted by atomic mass is 35.5. The van der Waals surface area contributed by atoms with Gasteiger partial charge in [0.25, 0.3) is 0 Å². The molecule has 3 heterocycles. The smallest absolute Gasteiger partial charge is 0.175 e. The van der Waals surface area contributed by atoms with Gasteiger partial charge in [-0.25, -0.2) is 13.1 Å². The SMILES string of the molecule is CS(=O)(=O)c1cccc(-c2ccc(-c3cc(CN4CCN(c5ccc(Cl)c(Cl)c5)CC4)nn3-c3ccccc3Cl)s2)c1. The van der Waals surface area contributed by atoms with Crippen LogP contribution in [-0.4, -0.2) is 55.5 Å². The molecule has 0 bridgehead atoms. The van der Waals surface area contributed by atoms with Gasteiger partial charge in [-0.15, -0.1) is 11.3 Å². The van der Waals surface area contributed by atoms with Crippen LogP contribution in [0.1, 0.15) is 5.69 Å². The molecule has 0 atom stereocenters. The van der Waals surface area contributed by atoms with E-state index in [9.17, 15) is 8.42 Å². The van der Waals surface area contributed by atoms with Crippen molar-refractivity contribution < 1.29 is 8.42 Å². The fourth-order valence-electron chi connectivity index (χ4n) is 5.08. The highest BCUT2D eigenvalue weighted by molar-refractivity contribution is 7.90. The number of hydrogen-bond acceptors (Lipinski definition) is 6. The van der Waals surface area contributed by atoms with Crippen molar-refractivity contribution in [1.82, 2.24) is 14.7 Å². The van der Waals surface area contributed by atoms with Crippen LogP contribution in [0.2, 0.25) is 15.1 Å². The Morgan fingerprint density at radius 1 is 0.786 bits per heavy atom. The molecule has 216 valence electrons. The summed E-state index contributed by atoms with van der Waals surface area (Å²) in [5, 5.41) is 6.75. The van der Waals surface area contributed by atoms with Crippen molar-refractivity contribution in [1.29, 1.82) is 0 Å². The molecule has 0 N–H and O–H groups in total. The van der Waals surface area contributed by atoms with Crippen molar-refractivity contribution in [2.75, 3.05) is 37.3 Å². The van der Waals surface area contributed by atoms with Crippen molar-refractivity contribution in [3.8, 4) is 26.7 Å². The Morgan fingerprint density at radius 2 is 1.55 bits per heavy atom. The lowest BCUT2D eigenvalue weighted by Gasteiger charge is -2.35. The van der Waals surface area contributed by atoms with E-state index >= 15 is 0 Å². The van der Waals surface area contributed by atoms with Crippen molar-refractivity contribution in [3.05, 3.63) is 106 Å². The van der Waals surface area contributed by atoms with E-state index in [0.29, 0.717) is 26.5 Å². The van der Waals surface area contributed by atoms with Gasteiger partial charge in [0.15, 0.2) is 9.84 Å². The summed E-state index contributed by atoms with van der Waals surface area (Å²) in [4.78, 5) is 7.00. The Morgan fingerprint density at radius 3 is 2.29 bits per heavy atom. The van der Waals surface area contributed by atoms with Crippen LogP contribution in [0.3, 0.4) is 0 Å². The molecule has 0 amide bonds. The summed E-state index contributed by atoms with van der Waals surface area (Å²) in [6.45, 7) is 4.21. The zero-order valence-corrected chi connectivity index (χ0v) is 26.6. The Bertz CT molecular complexity index is 1860. The molecule has 3 aromatic carbocycles. The lowest BCUT2D eigenvalue weighted by Crippen LogP contribution is -2.46. The van der Waals surface area contributed by atoms with Gasteiger partial charge in [-0.05, 0) is 66.2 Å². The van der Waals surface area contributed by atoms with Crippen LogP contribution in [0, 0.1) is 0 Å². The average Bonchev–Trinajstić information content (AvgIpc) is 3.63. The van der Waals surface area contributed by atoms with Crippen LogP contribution in [-0.2, 0) is 16.4 Å². The molecule has 6 nitrogen and oxygen atoms in total. The number of para-hydroxylation sites is 1. The molecule has 42 heavy (non-hydrogen) atoms. The van der Waals surface area contributed by atoms with Crippen LogP contribution in [0.5, 0.6) is 0 Å². The first-order valence-corrected chi connectivity index (χ1v) is 17.2. The quantitative estimate of drug-likeness (QED) is 0.178. The third kappa shape index (κ3) is 6.25. The molecule has 0 radical (unpaired) electrons. The maximum Gasteiger partial charge on any atom is 0.175 e. The number of thiophene rings is 1. The number of hydrogen-bond donors (Lipinski definition) is 0. The fraction of sp³-hybridized carbons (Fsp3) is 0.194. The normalized spacial score (nSPS) is 14.4. The zero-order valence-electron chi connectivity index (χ0n) is 22.7. The van der Waals surface area contributed by atoms with Gasteiger partial charge in [-0.1, -0.05) is 59.1 Å². The summed E-state index contributed by atoms with van der Waals surface area (Å²) in [7, 11) is -3.30. The molecule has 5 aromatic rings. The number of aromatic nitrogens is 2. The number of sulfone groups is 1. The predicted molar refractivity (Wildman–Crippen MR) is 174 cm³/mol. The van der Waals surface area contributed by atoms with Crippen molar-refractivity contribution in [2.24, 2.45) is 0 Å². The van der Waals surface area contributed by atoms with E-state index in [4.69, 9.17) is 39.9 Å². The number of rotatable bonds is 7. The molecule has 1 aliphatic rings. The maximum absolute atomic E-state index is 12.1. The van der Waals surface area contributed by atoms with E-state index in [1.165, 1.54) is 6.26 Å². The summed E-state index contributed by atoms with van der Waals surface area (Å²) in [6.07, 6.45) is 1.23. The van der Waals surface area contributed by atoms with E-state index in [0.717, 1.165) is 64.3 Å². The third-order valence-corrected chi connectivity index (χ3v) is 10.6. The van der Waals surface area contributed by atoms with Gasteiger partial charge in [-0.3, -0.25) is 4.90 Å². The molecule has 0 spiro atoms. The number of benzene rings is 3. The Hall–Kier alpha value is -2.85. The Kier molecular flexibility index (Phi) is 8.37. The third-order valence-electron chi connectivity index (χ3n) is 7.27.